The molecule has 3 rings (SSSR count). The summed E-state index contributed by atoms with van der Waals surface area (Å²) in [5.41, 5.74) is 6.06. The number of amides is 1. The molecule has 0 unspecified atom stereocenters. The molecule has 1 heterocycles. The monoisotopic (exact) mass is 315 g/mol. The standard InChI is InChI=1S/C20H17N3O/c1-3-12-23-14-16(18-10-6-7-11-19(18)23)13-21-22-20(24)17-9-5-4-8-15(17)2/h1,4-11,13-14H,12H2,2H3,(H,22,24)/b21-13+. The first-order chi connectivity index (χ1) is 11.7. The predicted octanol–water partition coefficient (Wildman–Crippen LogP) is 3.35. The molecule has 0 radical (unpaired) electrons. The SMILES string of the molecule is C#CCn1cc(/C=N/NC(=O)c2ccccc2C)c2ccccc21. The van der Waals surface area contributed by atoms with E-state index >= 15 is 0 Å². The van der Waals surface area contributed by atoms with Crippen molar-refractivity contribution in [1.82, 2.24) is 9.99 Å². The minimum absolute atomic E-state index is 0.225. The third-order valence-corrected chi connectivity index (χ3v) is 3.84. The van der Waals surface area contributed by atoms with Gasteiger partial charge < -0.3 is 4.57 Å². The molecule has 0 aliphatic rings. The van der Waals surface area contributed by atoms with E-state index < -0.39 is 0 Å². The molecule has 0 atom stereocenters. The zero-order chi connectivity index (χ0) is 16.9. The van der Waals surface area contributed by atoms with Gasteiger partial charge in [0.1, 0.15) is 0 Å². The highest BCUT2D eigenvalue weighted by molar-refractivity contribution is 6.00. The van der Waals surface area contributed by atoms with Crippen LogP contribution in [0.5, 0.6) is 0 Å². The summed E-state index contributed by atoms with van der Waals surface area (Å²) in [6, 6.07) is 15.4. The zero-order valence-electron chi connectivity index (χ0n) is 13.4. The number of nitrogens with zero attached hydrogens (tertiary/aromatic N) is 2. The third kappa shape index (κ3) is 3.06. The molecule has 24 heavy (non-hydrogen) atoms. The number of rotatable bonds is 4. The van der Waals surface area contributed by atoms with Gasteiger partial charge in [0.05, 0.1) is 12.8 Å². The van der Waals surface area contributed by atoms with Crippen molar-refractivity contribution in [3.8, 4) is 12.3 Å². The lowest BCUT2D eigenvalue weighted by atomic mass is 10.1. The fourth-order valence-electron chi connectivity index (χ4n) is 2.66. The largest absolute Gasteiger partial charge is 0.335 e. The van der Waals surface area contributed by atoms with E-state index in [4.69, 9.17) is 6.42 Å². The van der Waals surface area contributed by atoms with E-state index in [1.807, 2.05) is 60.2 Å². The van der Waals surface area contributed by atoms with Gasteiger partial charge >= 0.3 is 0 Å². The normalized spacial score (nSPS) is 10.8. The van der Waals surface area contributed by atoms with Gasteiger partial charge in [-0.2, -0.15) is 5.10 Å². The fraction of sp³-hybridized carbons (Fsp3) is 0.100. The zero-order valence-corrected chi connectivity index (χ0v) is 13.4. The van der Waals surface area contributed by atoms with Gasteiger partial charge in [-0.1, -0.05) is 42.3 Å². The number of para-hydroxylation sites is 1. The number of nitrogens with one attached hydrogen (secondary N) is 1. The molecule has 118 valence electrons. The van der Waals surface area contributed by atoms with Crippen molar-refractivity contribution >= 4 is 23.0 Å². The van der Waals surface area contributed by atoms with Gasteiger partial charge in [0.25, 0.3) is 5.91 Å². The van der Waals surface area contributed by atoms with Gasteiger partial charge in [0.15, 0.2) is 0 Å². The number of carbonyl (C=O) groups excluding carboxylic acids is 1. The molecule has 0 saturated heterocycles. The van der Waals surface area contributed by atoms with Gasteiger partial charge in [-0.3, -0.25) is 4.79 Å². The molecule has 0 spiro atoms. The number of terminal acetylenes is 1. The van der Waals surface area contributed by atoms with Crippen molar-refractivity contribution in [3.05, 3.63) is 71.4 Å². The van der Waals surface area contributed by atoms with Crippen molar-refractivity contribution in [2.75, 3.05) is 0 Å². The van der Waals surface area contributed by atoms with Crippen LogP contribution < -0.4 is 5.43 Å². The van der Waals surface area contributed by atoms with E-state index in [0.717, 1.165) is 22.0 Å². The highest BCUT2D eigenvalue weighted by atomic mass is 16.2. The molecule has 0 bridgehead atoms. The van der Waals surface area contributed by atoms with Crippen LogP contribution in [0.15, 0.2) is 59.8 Å². The molecule has 1 aromatic heterocycles. The molecule has 4 nitrogen and oxygen atoms in total. The van der Waals surface area contributed by atoms with Crippen molar-refractivity contribution in [1.29, 1.82) is 0 Å². The molecule has 1 amide bonds. The van der Waals surface area contributed by atoms with Crippen molar-refractivity contribution < 1.29 is 4.79 Å². The van der Waals surface area contributed by atoms with E-state index in [0.29, 0.717) is 12.1 Å². The van der Waals surface area contributed by atoms with Crippen LogP contribution >= 0.6 is 0 Å². The molecule has 2 aromatic carbocycles. The van der Waals surface area contributed by atoms with E-state index in [-0.39, 0.29) is 5.91 Å². The number of fused-ring (bicyclic) bond motifs is 1. The summed E-state index contributed by atoms with van der Waals surface area (Å²) in [6.45, 7) is 2.38. The quantitative estimate of drug-likeness (QED) is 0.448. The molecular weight excluding hydrogens is 298 g/mol. The second-order valence-electron chi connectivity index (χ2n) is 5.45. The Hall–Kier alpha value is -3.32. The Balaban J connectivity index is 1.83. The third-order valence-electron chi connectivity index (χ3n) is 3.84. The molecule has 3 aromatic rings. The Labute approximate surface area is 140 Å². The number of aryl methyl sites for hydroxylation is 1. The molecule has 0 saturated carbocycles. The Morgan fingerprint density at radius 1 is 1.25 bits per heavy atom. The van der Waals surface area contributed by atoms with Crippen LogP contribution in [0.3, 0.4) is 0 Å². The molecular formula is C20H17N3O. The number of hydrogen-bond donors (Lipinski definition) is 1. The maximum atomic E-state index is 12.2. The highest BCUT2D eigenvalue weighted by Gasteiger charge is 2.08. The lowest BCUT2D eigenvalue weighted by Crippen LogP contribution is -2.18. The van der Waals surface area contributed by atoms with Crippen molar-refractivity contribution in [3.63, 3.8) is 0 Å². The summed E-state index contributed by atoms with van der Waals surface area (Å²) >= 11 is 0. The summed E-state index contributed by atoms with van der Waals surface area (Å²) in [5, 5.41) is 5.14. The van der Waals surface area contributed by atoms with Crippen molar-refractivity contribution in [2.24, 2.45) is 5.10 Å². The number of carbonyl (C=O) groups is 1. The molecule has 1 N–H and O–H groups in total. The summed E-state index contributed by atoms with van der Waals surface area (Å²) in [7, 11) is 0. The van der Waals surface area contributed by atoms with Crippen LogP contribution in [-0.2, 0) is 6.54 Å². The smallest absolute Gasteiger partial charge is 0.271 e. The van der Waals surface area contributed by atoms with Crippen LogP contribution in [0.25, 0.3) is 10.9 Å². The summed E-state index contributed by atoms with van der Waals surface area (Å²) < 4.78 is 1.99. The fourth-order valence-corrected chi connectivity index (χ4v) is 2.66. The lowest BCUT2D eigenvalue weighted by molar-refractivity contribution is 0.0954. The van der Waals surface area contributed by atoms with Gasteiger partial charge in [0, 0.05) is 28.2 Å². The molecule has 0 aliphatic heterocycles. The Bertz CT molecular complexity index is 960. The first-order valence-corrected chi connectivity index (χ1v) is 7.61. The second kappa shape index (κ2) is 6.84. The van der Waals surface area contributed by atoms with Crippen molar-refractivity contribution in [2.45, 2.75) is 13.5 Å². The maximum absolute atomic E-state index is 12.2. The number of benzene rings is 2. The Morgan fingerprint density at radius 2 is 2.00 bits per heavy atom. The minimum Gasteiger partial charge on any atom is -0.335 e. The van der Waals surface area contributed by atoms with E-state index in [1.54, 1.807) is 12.3 Å². The average Bonchev–Trinajstić information content (AvgIpc) is 2.94. The molecule has 4 heteroatoms. The van der Waals surface area contributed by atoms with Crippen LogP contribution in [0, 0.1) is 19.3 Å². The Morgan fingerprint density at radius 3 is 2.79 bits per heavy atom. The van der Waals surface area contributed by atoms with E-state index in [1.165, 1.54) is 0 Å². The molecule has 0 aliphatic carbocycles. The second-order valence-corrected chi connectivity index (χ2v) is 5.45. The van der Waals surface area contributed by atoms with E-state index in [2.05, 4.69) is 16.4 Å². The van der Waals surface area contributed by atoms with Gasteiger partial charge in [-0.15, -0.1) is 6.42 Å². The first-order valence-electron chi connectivity index (χ1n) is 7.61. The van der Waals surface area contributed by atoms with Crippen LogP contribution in [0.4, 0.5) is 0 Å². The first kappa shape index (κ1) is 15.6. The van der Waals surface area contributed by atoms with Crippen LogP contribution in [0.1, 0.15) is 21.5 Å². The summed E-state index contributed by atoms with van der Waals surface area (Å²) in [6.07, 6.45) is 9.00. The minimum atomic E-state index is -0.225. The average molecular weight is 315 g/mol. The van der Waals surface area contributed by atoms with Crippen LogP contribution in [0.2, 0.25) is 0 Å². The Kier molecular flexibility index (Phi) is 4.44. The number of hydrazone groups is 1. The number of aromatic nitrogens is 1. The van der Waals surface area contributed by atoms with Gasteiger partial charge in [0.2, 0.25) is 0 Å². The summed E-state index contributed by atoms with van der Waals surface area (Å²) in [5.74, 6) is 2.41. The van der Waals surface area contributed by atoms with Gasteiger partial charge in [-0.05, 0) is 24.6 Å². The molecule has 0 fully saturated rings. The van der Waals surface area contributed by atoms with E-state index in [9.17, 15) is 4.79 Å². The van der Waals surface area contributed by atoms with Gasteiger partial charge in [-0.25, -0.2) is 5.43 Å². The van der Waals surface area contributed by atoms with Crippen LogP contribution in [-0.4, -0.2) is 16.7 Å². The highest BCUT2D eigenvalue weighted by Crippen LogP contribution is 2.19. The summed E-state index contributed by atoms with van der Waals surface area (Å²) in [4.78, 5) is 12.2. The lowest BCUT2D eigenvalue weighted by Gasteiger charge is -2.02. The maximum Gasteiger partial charge on any atom is 0.271 e. The predicted molar refractivity (Wildman–Crippen MR) is 97.0 cm³/mol. The number of hydrogen-bond acceptors (Lipinski definition) is 2. The topological polar surface area (TPSA) is 46.4 Å².